The third-order valence-corrected chi connectivity index (χ3v) is 5.08. The molecule has 1 unspecified atom stereocenters. The van der Waals surface area contributed by atoms with Crippen LogP contribution in [0.4, 0.5) is 28.0 Å². The third-order valence-electron chi connectivity index (χ3n) is 4.79. The fourth-order valence-corrected chi connectivity index (χ4v) is 3.33. The Hall–Kier alpha value is -3.61. The number of halogens is 5. The standard InChI is InChI=1S/C21H18ClF4N3O6/c1-3-33-18(31)10-34-19-14(5-4-6-27-19)35-15-8-13(12(23)7-11(15)22)29-17(30)9-16(21(24,25)26)28(2)20(29)32/h4-8,16H,3,9-10H2,1-2H3. The minimum Gasteiger partial charge on any atom is -0.463 e. The van der Waals surface area contributed by atoms with Gasteiger partial charge in [0.1, 0.15) is 17.6 Å². The minimum atomic E-state index is -4.85. The topological polar surface area (TPSA) is 98.3 Å². The number of imide groups is 1. The molecule has 0 bridgehead atoms. The van der Waals surface area contributed by atoms with Gasteiger partial charge in [-0.15, -0.1) is 0 Å². The number of hydrogen-bond acceptors (Lipinski definition) is 7. The van der Waals surface area contributed by atoms with E-state index in [0.717, 1.165) is 19.2 Å². The predicted molar refractivity (Wildman–Crippen MR) is 113 cm³/mol. The molecule has 0 saturated carbocycles. The quantitative estimate of drug-likeness (QED) is 0.397. The van der Waals surface area contributed by atoms with Crippen molar-refractivity contribution in [2.24, 2.45) is 0 Å². The molecule has 0 aliphatic carbocycles. The van der Waals surface area contributed by atoms with Gasteiger partial charge >= 0.3 is 18.2 Å². The fraction of sp³-hybridized carbons (Fsp3) is 0.333. The molecular weight excluding hydrogens is 502 g/mol. The lowest BCUT2D eigenvalue weighted by Gasteiger charge is -2.38. The maximum absolute atomic E-state index is 14.7. The zero-order valence-electron chi connectivity index (χ0n) is 18.3. The molecule has 1 saturated heterocycles. The van der Waals surface area contributed by atoms with Gasteiger partial charge in [0.15, 0.2) is 12.4 Å². The molecule has 1 atom stereocenters. The smallest absolute Gasteiger partial charge is 0.409 e. The Morgan fingerprint density at radius 2 is 1.97 bits per heavy atom. The summed E-state index contributed by atoms with van der Waals surface area (Å²) < 4.78 is 69.9. The van der Waals surface area contributed by atoms with Crippen LogP contribution in [0.1, 0.15) is 13.3 Å². The summed E-state index contributed by atoms with van der Waals surface area (Å²) in [5, 5.41) is -0.287. The highest BCUT2D eigenvalue weighted by Gasteiger charge is 2.51. The first kappa shape index (κ1) is 26.0. The summed E-state index contributed by atoms with van der Waals surface area (Å²) in [6, 6.07) is 0.727. The number of anilines is 1. The van der Waals surface area contributed by atoms with Gasteiger partial charge in [0.2, 0.25) is 5.91 Å². The molecule has 0 radical (unpaired) electrons. The number of amides is 3. The van der Waals surface area contributed by atoms with Crippen molar-refractivity contribution >= 4 is 35.2 Å². The average Bonchev–Trinajstić information content (AvgIpc) is 2.78. The lowest BCUT2D eigenvalue weighted by molar-refractivity contribution is -0.179. The van der Waals surface area contributed by atoms with Crippen LogP contribution >= 0.6 is 11.6 Å². The van der Waals surface area contributed by atoms with Crippen molar-refractivity contribution in [2.45, 2.75) is 25.6 Å². The van der Waals surface area contributed by atoms with Gasteiger partial charge in [0.25, 0.3) is 5.88 Å². The van der Waals surface area contributed by atoms with Crippen LogP contribution in [0.5, 0.6) is 17.4 Å². The first-order chi connectivity index (χ1) is 16.4. The van der Waals surface area contributed by atoms with Crippen LogP contribution in [0.3, 0.4) is 0 Å². The highest BCUT2D eigenvalue weighted by molar-refractivity contribution is 6.32. The maximum atomic E-state index is 14.7. The molecule has 1 aromatic heterocycles. The van der Waals surface area contributed by atoms with Crippen LogP contribution < -0.4 is 14.4 Å². The van der Waals surface area contributed by atoms with Gasteiger partial charge in [0.05, 0.1) is 23.7 Å². The minimum absolute atomic E-state index is 0.0678. The summed E-state index contributed by atoms with van der Waals surface area (Å²) in [6.45, 7) is 1.25. The summed E-state index contributed by atoms with van der Waals surface area (Å²) in [5.74, 6) is -3.56. The number of alkyl halides is 3. The Labute approximate surface area is 201 Å². The Bertz CT molecular complexity index is 1150. The number of rotatable bonds is 7. The molecule has 0 spiro atoms. The molecule has 3 amide bonds. The number of ether oxygens (including phenoxy) is 3. The van der Waals surface area contributed by atoms with Gasteiger partial charge in [-0.25, -0.2) is 23.9 Å². The molecule has 3 rings (SSSR count). The summed E-state index contributed by atoms with van der Waals surface area (Å²) in [7, 11) is 0.855. The van der Waals surface area contributed by atoms with E-state index < -0.39 is 54.7 Å². The van der Waals surface area contributed by atoms with Crippen LogP contribution in [-0.2, 0) is 14.3 Å². The van der Waals surface area contributed by atoms with Gasteiger partial charge < -0.3 is 19.1 Å². The first-order valence-electron chi connectivity index (χ1n) is 10.0. The number of carbonyl (C=O) groups excluding carboxylic acids is 3. The van der Waals surface area contributed by atoms with Crippen LogP contribution in [-0.4, -0.2) is 60.3 Å². The van der Waals surface area contributed by atoms with E-state index in [2.05, 4.69) is 4.98 Å². The van der Waals surface area contributed by atoms with E-state index in [1.165, 1.54) is 18.3 Å². The van der Waals surface area contributed by atoms with Gasteiger partial charge in [0, 0.05) is 19.3 Å². The van der Waals surface area contributed by atoms with Gasteiger partial charge in [-0.3, -0.25) is 4.79 Å². The van der Waals surface area contributed by atoms with E-state index in [-0.39, 0.29) is 33.9 Å². The number of urea groups is 1. The van der Waals surface area contributed by atoms with E-state index in [1.807, 2.05) is 0 Å². The highest BCUT2D eigenvalue weighted by atomic mass is 35.5. The first-order valence-corrected chi connectivity index (χ1v) is 10.4. The number of nitrogens with zero attached hydrogens (tertiary/aromatic N) is 3. The molecule has 14 heteroatoms. The summed E-state index contributed by atoms with van der Waals surface area (Å²) in [5.41, 5.74) is -0.662. The Kier molecular flexibility index (Phi) is 7.68. The molecule has 1 aromatic carbocycles. The van der Waals surface area contributed by atoms with Gasteiger partial charge in [-0.05, 0) is 25.1 Å². The van der Waals surface area contributed by atoms with Crippen LogP contribution in [0.25, 0.3) is 0 Å². The molecular formula is C21H18ClF4N3O6. The molecule has 188 valence electrons. The van der Waals surface area contributed by atoms with E-state index in [9.17, 15) is 31.9 Å². The van der Waals surface area contributed by atoms with Gasteiger partial charge in [-0.1, -0.05) is 11.6 Å². The molecule has 0 N–H and O–H groups in total. The predicted octanol–water partition coefficient (Wildman–Crippen LogP) is 4.33. The second-order valence-corrected chi connectivity index (χ2v) is 7.53. The summed E-state index contributed by atoms with van der Waals surface area (Å²) in [4.78, 5) is 41.1. The average molecular weight is 520 g/mol. The van der Waals surface area contributed by atoms with Crippen molar-refractivity contribution in [2.75, 3.05) is 25.2 Å². The van der Waals surface area contributed by atoms with Crippen LogP contribution in [0.2, 0.25) is 5.02 Å². The Morgan fingerprint density at radius 3 is 2.63 bits per heavy atom. The number of pyridine rings is 1. The van der Waals surface area contributed by atoms with Gasteiger partial charge in [-0.2, -0.15) is 13.2 Å². The van der Waals surface area contributed by atoms with Crippen molar-refractivity contribution in [3.8, 4) is 17.4 Å². The van der Waals surface area contributed by atoms with Crippen molar-refractivity contribution in [3.63, 3.8) is 0 Å². The van der Waals surface area contributed by atoms with Crippen molar-refractivity contribution in [1.29, 1.82) is 0 Å². The van der Waals surface area contributed by atoms with E-state index >= 15 is 0 Å². The second-order valence-electron chi connectivity index (χ2n) is 7.12. The van der Waals surface area contributed by atoms with E-state index in [0.29, 0.717) is 4.90 Å². The molecule has 2 heterocycles. The van der Waals surface area contributed by atoms with Crippen molar-refractivity contribution in [3.05, 3.63) is 41.3 Å². The van der Waals surface area contributed by atoms with Crippen molar-refractivity contribution < 1.29 is 46.2 Å². The van der Waals surface area contributed by atoms with E-state index in [4.69, 9.17) is 25.8 Å². The van der Waals surface area contributed by atoms with E-state index in [1.54, 1.807) is 6.92 Å². The third kappa shape index (κ3) is 5.73. The number of esters is 1. The monoisotopic (exact) mass is 519 g/mol. The number of aromatic nitrogens is 1. The normalized spacial score (nSPS) is 16.4. The zero-order valence-corrected chi connectivity index (χ0v) is 19.0. The zero-order chi connectivity index (χ0) is 25.9. The highest BCUT2D eigenvalue weighted by Crippen LogP contribution is 2.40. The van der Waals surface area contributed by atoms with Crippen LogP contribution in [0, 0.1) is 5.82 Å². The summed E-state index contributed by atoms with van der Waals surface area (Å²) >= 11 is 6.05. The second kappa shape index (κ2) is 10.3. The number of carbonyl (C=O) groups is 3. The largest absolute Gasteiger partial charge is 0.463 e. The number of hydrogen-bond donors (Lipinski definition) is 0. The van der Waals surface area contributed by atoms with Crippen molar-refractivity contribution in [1.82, 2.24) is 9.88 Å². The lowest BCUT2D eigenvalue weighted by atomic mass is 10.1. The molecule has 2 aromatic rings. The number of benzene rings is 1. The maximum Gasteiger partial charge on any atom is 0.409 e. The fourth-order valence-electron chi connectivity index (χ4n) is 3.14. The SMILES string of the molecule is CCOC(=O)COc1ncccc1Oc1cc(N2C(=O)CC(C(F)(F)F)N(C)C2=O)c(F)cc1Cl. The summed E-state index contributed by atoms with van der Waals surface area (Å²) in [6.07, 6.45) is -4.61. The molecule has 1 aliphatic rings. The molecule has 9 nitrogen and oxygen atoms in total. The van der Waals surface area contributed by atoms with Crippen LogP contribution in [0.15, 0.2) is 30.5 Å². The Morgan fingerprint density at radius 1 is 1.26 bits per heavy atom. The Balaban J connectivity index is 1.91. The lowest BCUT2D eigenvalue weighted by Crippen LogP contribution is -2.60. The molecule has 1 fully saturated rings. The molecule has 35 heavy (non-hydrogen) atoms. The molecule has 1 aliphatic heterocycles.